The zero-order chi connectivity index (χ0) is 23.0. The van der Waals surface area contributed by atoms with Crippen molar-refractivity contribution in [1.82, 2.24) is 9.88 Å². The van der Waals surface area contributed by atoms with Gasteiger partial charge in [0.2, 0.25) is 11.8 Å². The fourth-order valence-electron chi connectivity index (χ4n) is 4.23. The zero-order valence-electron chi connectivity index (χ0n) is 19.9. The number of unbranched alkanes of at least 4 members (excludes halogenated alkanes) is 1. The lowest BCUT2D eigenvalue weighted by Crippen LogP contribution is -2.46. The van der Waals surface area contributed by atoms with Gasteiger partial charge in [-0.2, -0.15) is 4.98 Å². The molecule has 1 aromatic carbocycles. The SMILES string of the molecule is CC(C)COc1ccccc1N1CCN(CCCCOc2ccc3c(n2)NC(=O)CC3)CC1. The molecule has 3 heterocycles. The van der Waals surface area contributed by atoms with Gasteiger partial charge in [-0.25, -0.2) is 0 Å². The van der Waals surface area contributed by atoms with Crippen molar-refractivity contribution in [1.29, 1.82) is 0 Å². The minimum Gasteiger partial charge on any atom is -0.491 e. The van der Waals surface area contributed by atoms with Crippen LogP contribution < -0.4 is 19.7 Å². The molecule has 0 aliphatic carbocycles. The summed E-state index contributed by atoms with van der Waals surface area (Å²) in [6.45, 7) is 11.0. The van der Waals surface area contributed by atoms with Gasteiger partial charge < -0.3 is 19.7 Å². The molecule has 178 valence electrons. The van der Waals surface area contributed by atoms with Crippen LogP contribution in [0.1, 0.15) is 38.7 Å². The van der Waals surface area contributed by atoms with Gasteiger partial charge in [0.1, 0.15) is 11.6 Å². The summed E-state index contributed by atoms with van der Waals surface area (Å²) in [4.78, 5) is 21.0. The van der Waals surface area contributed by atoms with Gasteiger partial charge in [-0.15, -0.1) is 0 Å². The highest BCUT2D eigenvalue weighted by Crippen LogP contribution is 2.29. The molecule has 4 rings (SSSR count). The van der Waals surface area contributed by atoms with Gasteiger partial charge in [0.25, 0.3) is 0 Å². The predicted octanol–water partition coefficient (Wildman–Crippen LogP) is 3.98. The fraction of sp³-hybridized carbons (Fsp3) is 0.538. The van der Waals surface area contributed by atoms with E-state index in [1.807, 2.05) is 18.2 Å². The Balaban J connectivity index is 1.15. The topological polar surface area (TPSA) is 66.9 Å². The highest BCUT2D eigenvalue weighted by atomic mass is 16.5. The minimum absolute atomic E-state index is 0.0267. The number of aryl methyl sites for hydroxylation is 1. The molecule has 7 heteroatoms. The molecule has 0 spiro atoms. The molecule has 1 fully saturated rings. The highest BCUT2D eigenvalue weighted by molar-refractivity contribution is 5.92. The maximum absolute atomic E-state index is 11.6. The number of para-hydroxylation sites is 2. The van der Waals surface area contributed by atoms with Crippen LogP contribution in [0.15, 0.2) is 36.4 Å². The first-order valence-electron chi connectivity index (χ1n) is 12.2. The van der Waals surface area contributed by atoms with Crippen molar-refractivity contribution in [3.63, 3.8) is 0 Å². The number of pyridine rings is 1. The molecule has 0 bridgehead atoms. The lowest BCUT2D eigenvalue weighted by molar-refractivity contribution is -0.116. The van der Waals surface area contributed by atoms with Crippen molar-refractivity contribution >= 4 is 17.4 Å². The van der Waals surface area contributed by atoms with E-state index in [0.717, 1.165) is 69.9 Å². The Morgan fingerprint density at radius 3 is 2.64 bits per heavy atom. The summed E-state index contributed by atoms with van der Waals surface area (Å²) in [6.07, 6.45) is 3.35. The number of nitrogens with zero attached hydrogens (tertiary/aromatic N) is 3. The van der Waals surface area contributed by atoms with Crippen LogP contribution in [0.2, 0.25) is 0 Å². The van der Waals surface area contributed by atoms with Crippen molar-refractivity contribution in [2.24, 2.45) is 5.92 Å². The first-order chi connectivity index (χ1) is 16.1. The number of carbonyl (C=O) groups is 1. The molecule has 33 heavy (non-hydrogen) atoms. The van der Waals surface area contributed by atoms with Crippen LogP contribution in [0.3, 0.4) is 0 Å². The van der Waals surface area contributed by atoms with Crippen LogP contribution in [-0.2, 0) is 11.2 Å². The lowest BCUT2D eigenvalue weighted by Gasteiger charge is -2.36. The van der Waals surface area contributed by atoms with Gasteiger partial charge in [0, 0.05) is 38.7 Å². The number of rotatable bonds is 10. The fourth-order valence-corrected chi connectivity index (χ4v) is 4.23. The monoisotopic (exact) mass is 452 g/mol. The van der Waals surface area contributed by atoms with Crippen molar-refractivity contribution in [3.8, 4) is 11.6 Å². The third-order valence-corrected chi connectivity index (χ3v) is 6.10. The second-order valence-corrected chi connectivity index (χ2v) is 9.26. The van der Waals surface area contributed by atoms with E-state index in [0.29, 0.717) is 30.6 Å². The molecule has 2 aromatic rings. The quantitative estimate of drug-likeness (QED) is 0.550. The molecule has 7 nitrogen and oxygen atoms in total. The average Bonchev–Trinajstić information content (AvgIpc) is 2.83. The lowest BCUT2D eigenvalue weighted by atomic mass is 10.1. The summed E-state index contributed by atoms with van der Waals surface area (Å²) >= 11 is 0. The van der Waals surface area contributed by atoms with Crippen LogP contribution in [-0.4, -0.2) is 61.7 Å². The second-order valence-electron chi connectivity index (χ2n) is 9.26. The van der Waals surface area contributed by atoms with Gasteiger partial charge in [-0.05, 0) is 55.5 Å². The van der Waals surface area contributed by atoms with Crippen molar-refractivity contribution in [2.75, 3.05) is 56.2 Å². The Labute approximate surface area is 197 Å². The van der Waals surface area contributed by atoms with E-state index in [4.69, 9.17) is 9.47 Å². The molecule has 2 aliphatic rings. The van der Waals surface area contributed by atoms with Crippen molar-refractivity contribution < 1.29 is 14.3 Å². The Kier molecular flexibility index (Phi) is 8.05. The van der Waals surface area contributed by atoms with Gasteiger partial charge in [-0.1, -0.05) is 26.0 Å². The zero-order valence-corrected chi connectivity index (χ0v) is 19.9. The van der Waals surface area contributed by atoms with E-state index < -0.39 is 0 Å². The number of hydrogen-bond donors (Lipinski definition) is 1. The molecule has 1 aromatic heterocycles. The summed E-state index contributed by atoms with van der Waals surface area (Å²) < 4.78 is 11.9. The Bertz CT molecular complexity index is 926. The molecule has 0 saturated carbocycles. The van der Waals surface area contributed by atoms with E-state index in [2.05, 4.69) is 52.1 Å². The Morgan fingerprint density at radius 1 is 1.00 bits per heavy atom. The normalized spacial score (nSPS) is 16.5. The molecular formula is C26H36N4O3. The molecule has 0 unspecified atom stereocenters. The summed E-state index contributed by atoms with van der Waals surface area (Å²) in [7, 11) is 0. The number of anilines is 2. The molecular weight excluding hydrogens is 416 g/mol. The maximum Gasteiger partial charge on any atom is 0.225 e. The molecule has 0 atom stereocenters. The highest BCUT2D eigenvalue weighted by Gasteiger charge is 2.20. The predicted molar refractivity (Wildman–Crippen MR) is 131 cm³/mol. The number of aromatic nitrogens is 1. The minimum atomic E-state index is 0.0267. The number of benzene rings is 1. The number of fused-ring (bicyclic) bond motifs is 1. The standard InChI is InChI=1S/C26H36N4O3/c1-20(2)19-33-23-8-4-3-7-22(23)30-16-14-29(15-17-30)13-5-6-18-32-25-12-10-21-9-11-24(31)27-26(21)28-25/h3-4,7-8,10,12,20H,5-6,9,11,13-19H2,1-2H3,(H,27,28,31). The summed E-state index contributed by atoms with van der Waals surface area (Å²) in [5, 5.41) is 2.83. The van der Waals surface area contributed by atoms with Crippen molar-refractivity contribution in [3.05, 3.63) is 42.0 Å². The van der Waals surface area contributed by atoms with Crippen LogP contribution in [0.25, 0.3) is 0 Å². The summed E-state index contributed by atoms with van der Waals surface area (Å²) in [5.74, 6) is 2.77. The molecule has 1 saturated heterocycles. The first-order valence-corrected chi connectivity index (χ1v) is 12.2. The van der Waals surface area contributed by atoms with Crippen LogP contribution in [0.5, 0.6) is 11.6 Å². The van der Waals surface area contributed by atoms with Crippen LogP contribution in [0.4, 0.5) is 11.5 Å². The first kappa shape index (κ1) is 23.4. The number of nitrogens with one attached hydrogen (secondary N) is 1. The molecule has 2 aliphatic heterocycles. The molecule has 1 amide bonds. The van der Waals surface area contributed by atoms with E-state index in [1.54, 1.807) is 0 Å². The smallest absolute Gasteiger partial charge is 0.225 e. The number of hydrogen-bond acceptors (Lipinski definition) is 6. The average molecular weight is 453 g/mol. The Hall–Kier alpha value is -2.80. The van der Waals surface area contributed by atoms with E-state index >= 15 is 0 Å². The molecule has 0 radical (unpaired) electrons. The summed E-state index contributed by atoms with van der Waals surface area (Å²) in [5.41, 5.74) is 2.29. The van der Waals surface area contributed by atoms with E-state index in [9.17, 15) is 4.79 Å². The number of piperazine rings is 1. The largest absolute Gasteiger partial charge is 0.491 e. The molecule has 1 N–H and O–H groups in total. The maximum atomic E-state index is 11.6. The third kappa shape index (κ3) is 6.60. The second kappa shape index (κ2) is 11.4. The van der Waals surface area contributed by atoms with Gasteiger partial charge in [0.05, 0.1) is 18.9 Å². The summed E-state index contributed by atoms with van der Waals surface area (Å²) in [6, 6.07) is 12.3. The number of ether oxygens (including phenoxy) is 2. The van der Waals surface area contributed by atoms with E-state index in [-0.39, 0.29) is 5.91 Å². The van der Waals surface area contributed by atoms with Gasteiger partial charge in [0.15, 0.2) is 0 Å². The Morgan fingerprint density at radius 2 is 1.82 bits per heavy atom. The van der Waals surface area contributed by atoms with Gasteiger partial charge in [-0.3, -0.25) is 9.69 Å². The number of amides is 1. The van der Waals surface area contributed by atoms with Crippen LogP contribution in [0, 0.1) is 5.92 Å². The number of carbonyl (C=O) groups excluding carboxylic acids is 1. The van der Waals surface area contributed by atoms with Gasteiger partial charge >= 0.3 is 0 Å². The van der Waals surface area contributed by atoms with Crippen molar-refractivity contribution in [2.45, 2.75) is 39.5 Å². The van der Waals surface area contributed by atoms with E-state index in [1.165, 1.54) is 5.69 Å². The van der Waals surface area contributed by atoms with Crippen LogP contribution >= 0.6 is 0 Å². The third-order valence-electron chi connectivity index (χ3n) is 6.10.